The number of hydrogen-bond acceptors (Lipinski definition) is 3. The van der Waals surface area contributed by atoms with Gasteiger partial charge in [0.1, 0.15) is 5.52 Å². The Bertz CT molecular complexity index is 2640. The molecule has 0 aliphatic carbocycles. The van der Waals surface area contributed by atoms with Crippen molar-refractivity contribution >= 4 is 75.5 Å². The van der Waals surface area contributed by atoms with Crippen molar-refractivity contribution in [1.82, 2.24) is 10.2 Å². The molecule has 1 heterocycles. The molecule has 0 saturated carbocycles. The molecule has 0 saturated heterocycles. The van der Waals surface area contributed by atoms with Crippen LogP contribution in [0.25, 0.3) is 75.5 Å². The molecule has 3 nitrogen and oxygen atoms in total. The molecule has 0 aliphatic rings. The van der Waals surface area contributed by atoms with Gasteiger partial charge < -0.3 is 0 Å². The molecule has 0 radical (unpaired) electrons. The molecule has 3 heteroatoms. The smallest absolute Gasteiger partial charge is 0.180 e. The van der Waals surface area contributed by atoms with Crippen LogP contribution in [0.15, 0.2) is 163 Å². The highest BCUT2D eigenvalue weighted by atomic mass is 16.1. The van der Waals surface area contributed by atoms with E-state index >= 15 is 0 Å². The Balaban J connectivity index is 1.36. The SMILES string of the molecule is O=c1ccccccccc2ccc3cc4cc5cc6cc7cc8ccccc8cc7cc6cc5cc4cc3c2nncc1. The Morgan fingerprint density at radius 2 is 0.750 bits per heavy atom. The Morgan fingerprint density at radius 1 is 0.341 bits per heavy atom. The summed E-state index contributed by atoms with van der Waals surface area (Å²) in [6, 6.07) is 51.7. The van der Waals surface area contributed by atoms with E-state index in [-0.39, 0.29) is 5.43 Å². The van der Waals surface area contributed by atoms with Gasteiger partial charge in [0, 0.05) is 16.8 Å². The van der Waals surface area contributed by atoms with Gasteiger partial charge in [-0.1, -0.05) is 78.9 Å². The fourth-order valence-electron chi connectivity index (χ4n) is 6.09. The molecule has 7 aromatic carbocycles. The van der Waals surface area contributed by atoms with Crippen molar-refractivity contribution in [1.29, 1.82) is 0 Å². The van der Waals surface area contributed by atoms with E-state index in [1.54, 1.807) is 6.07 Å². The molecule has 0 fully saturated rings. The summed E-state index contributed by atoms with van der Waals surface area (Å²) in [5.41, 5.74) is 0.625. The monoisotopic (exact) mass is 562 g/mol. The van der Waals surface area contributed by atoms with Gasteiger partial charge in [-0.15, -0.1) is 5.10 Å². The maximum atomic E-state index is 12.1. The summed E-state index contributed by atoms with van der Waals surface area (Å²) in [5.74, 6) is 0. The second-order valence-corrected chi connectivity index (χ2v) is 11.1. The molecule has 0 N–H and O–H groups in total. The third-order valence-electron chi connectivity index (χ3n) is 8.27. The van der Waals surface area contributed by atoms with Gasteiger partial charge in [0.25, 0.3) is 0 Å². The maximum absolute atomic E-state index is 12.1. The highest BCUT2D eigenvalue weighted by Crippen LogP contribution is 2.34. The summed E-state index contributed by atoms with van der Waals surface area (Å²) >= 11 is 0. The topological polar surface area (TPSA) is 42.9 Å². The summed E-state index contributed by atoms with van der Waals surface area (Å²) in [4.78, 5) is 12.1. The molecule has 1 aromatic heterocycles. The second-order valence-electron chi connectivity index (χ2n) is 11.1. The zero-order valence-electron chi connectivity index (χ0n) is 23.8. The van der Waals surface area contributed by atoms with E-state index in [9.17, 15) is 4.79 Å². The molecule has 44 heavy (non-hydrogen) atoms. The molecule has 0 atom stereocenters. The molecule has 0 bridgehead atoms. The number of nitrogens with zero attached hydrogens (tertiary/aromatic N) is 2. The largest absolute Gasteiger partial charge is 0.290 e. The van der Waals surface area contributed by atoms with E-state index in [0.717, 1.165) is 27.1 Å². The standard InChI is InChI=1S/C41H26N2O/c44-39-12-6-4-2-1-3-5-9-27-13-14-30-19-33-22-36-23-34-20-31-17-28-10-7-8-11-29(28)18-32(31)21-35(34)24-37(36)25-38(33)26-40(30)41(27)43-42-16-15-39/h1-26H. The highest BCUT2D eigenvalue weighted by Gasteiger charge is 2.07. The number of rotatable bonds is 0. The van der Waals surface area contributed by atoms with E-state index in [1.165, 1.54) is 66.8 Å². The summed E-state index contributed by atoms with van der Waals surface area (Å²) < 4.78 is 0. The first-order valence-corrected chi connectivity index (χ1v) is 14.7. The van der Waals surface area contributed by atoms with Crippen molar-refractivity contribution in [3.05, 3.63) is 168 Å². The lowest BCUT2D eigenvalue weighted by molar-refractivity contribution is 1.09. The lowest BCUT2D eigenvalue weighted by Crippen LogP contribution is -1.90. The quantitative estimate of drug-likeness (QED) is 0.173. The van der Waals surface area contributed by atoms with E-state index in [1.807, 2.05) is 36.4 Å². The Kier molecular flexibility index (Phi) is 6.28. The van der Waals surface area contributed by atoms with Crippen LogP contribution >= 0.6 is 0 Å². The van der Waals surface area contributed by atoms with Gasteiger partial charge in [-0.2, -0.15) is 5.10 Å². The van der Waals surface area contributed by atoms with Crippen molar-refractivity contribution in [3.63, 3.8) is 0 Å². The maximum Gasteiger partial charge on any atom is 0.180 e. The average Bonchev–Trinajstić information content (AvgIpc) is 3.04. The molecule has 206 valence electrons. The van der Waals surface area contributed by atoms with Crippen LogP contribution in [-0.4, -0.2) is 10.2 Å². The van der Waals surface area contributed by atoms with Crippen LogP contribution in [0.4, 0.5) is 0 Å². The molecule has 0 amide bonds. The number of fused-ring (bicyclic) bond motifs is 8. The Labute approximate surface area is 253 Å². The predicted molar refractivity (Wildman–Crippen MR) is 186 cm³/mol. The van der Waals surface area contributed by atoms with Crippen LogP contribution in [0.2, 0.25) is 0 Å². The fourth-order valence-corrected chi connectivity index (χ4v) is 6.09. The van der Waals surface area contributed by atoms with E-state index in [0.29, 0.717) is 0 Å². The highest BCUT2D eigenvalue weighted by molar-refractivity contribution is 6.14. The van der Waals surface area contributed by atoms with E-state index in [4.69, 9.17) is 0 Å². The molecular formula is C41H26N2O. The summed E-state index contributed by atoms with van der Waals surface area (Å²) in [5, 5.41) is 24.1. The first-order valence-electron chi connectivity index (χ1n) is 14.7. The minimum absolute atomic E-state index is 0.143. The number of aromatic nitrogens is 2. The van der Waals surface area contributed by atoms with Gasteiger partial charge in [-0.25, -0.2) is 0 Å². The van der Waals surface area contributed by atoms with E-state index < -0.39 is 0 Å². The fraction of sp³-hybridized carbons (Fsp3) is 0. The van der Waals surface area contributed by atoms with Crippen molar-refractivity contribution in [2.45, 2.75) is 0 Å². The normalized spacial score (nSPS) is 11.3. The van der Waals surface area contributed by atoms with Gasteiger partial charge in [-0.05, 0) is 126 Å². The summed E-state index contributed by atoms with van der Waals surface area (Å²) in [7, 11) is 0. The summed E-state index contributed by atoms with van der Waals surface area (Å²) in [6.07, 6.45) is 1.45. The van der Waals surface area contributed by atoms with Crippen LogP contribution in [-0.2, 0) is 0 Å². The molecule has 8 rings (SSSR count). The van der Waals surface area contributed by atoms with Crippen molar-refractivity contribution in [2.24, 2.45) is 0 Å². The van der Waals surface area contributed by atoms with Crippen LogP contribution < -0.4 is 5.43 Å². The van der Waals surface area contributed by atoms with Gasteiger partial charge in [-0.3, -0.25) is 4.79 Å². The first-order chi connectivity index (χ1) is 21.7. The molecule has 8 aromatic rings. The third-order valence-corrected chi connectivity index (χ3v) is 8.27. The Hall–Kier alpha value is -5.93. The van der Waals surface area contributed by atoms with Crippen molar-refractivity contribution < 1.29 is 0 Å². The lowest BCUT2D eigenvalue weighted by Gasteiger charge is -2.09. The van der Waals surface area contributed by atoms with Gasteiger partial charge in [0.2, 0.25) is 0 Å². The third kappa shape index (κ3) is 4.81. The van der Waals surface area contributed by atoms with Crippen molar-refractivity contribution in [3.8, 4) is 0 Å². The predicted octanol–water partition coefficient (Wildman–Crippen LogP) is 10.2. The first kappa shape index (κ1) is 25.8. The minimum Gasteiger partial charge on any atom is -0.290 e. The molecule has 0 unspecified atom stereocenters. The minimum atomic E-state index is -0.143. The molecular weight excluding hydrogens is 536 g/mol. The second kappa shape index (κ2) is 10.7. The van der Waals surface area contributed by atoms with Crippen LogP contribution in [0.5, 0.6) is 0 Å². The van der Waals surface area contributed by atoms with Gasteiger partial charge in [0.05, 0.1) is 6.20 Å². The zero-order valence-corrected chi connectivity index (χ0v) is 23.8. The zero-order chi connectivity index (χ0) is 29.5. The van der Waals surface area contributed by atoms with Crippen molar-refractivity contribution in [2.75, 3.05) is 0 Å². The Morgan fingerprint density at radius 3 is 1.34 bits per heavy atom. The van der Waals surface area contributed by atoms with Crippen LogP contribution in [0.3, 0.4) is 0 Å². The van der Waals surface area contributed by atoms with Crippen LogP contribution in [0.1, 0.15) is 0 Å². The van der Waals surface area contributed by atoms with Gasteiger partial charge >= 0.3 is 0 Å². The number of benzene rings is 7. The molecule has 0 spiro atoms. The average molecular weight is 563 g/mol. The molecule has 0 aliphatic heterocycles. The van der Waals surface area contributed by atoms with Gasteiger partial charge in [0.15, 0.2) is 5.43 Å². The summed E-state index contributed by atoms with van der Waals surface area (Å²) in [6.45, 7) is 0. The number of hydrogen-bond donors (Lipinski definition) is 0. The van der Waals surface area contributed by atoms with Crippen LogP contribution in [0, 0.1) is 0 Å². The lowest BCUT2D eigenvalue weighted by atomic mass is 9.95. The van der Waals surface area contributed by atoms with E-state index in [2.05, 4.69) is 107 Å².